The van der Waals surface area contributed by atoms with E-state index < -0.39 is 12.1 Å². The summed E-state index contributed by atoms with van der Waals surface area (Å²) in [6.07, 6.45) is 6.23. The Bertz CT molecular complexity index is 950. The van der Waals surface area contributed by atoms with Crippen molar-refractivity contribution >= 4 is 11.8 Å². The lowest BCUT2D eigenvalue weighted by Crippen LogP contribution is -2.54. The molecule has 0 spiro atoms. The molecule has 0 saturated heterocycles. The smallest absolute Gasteiger partial charge is 0.243 e. The van der Waals surface area contributed by atoms with Gasteiger partial charge in [0.1, 0.15) is 11.9 Å². The van der Waals surface area contributed by atoms with Crippen LogP contribution in [0.1, 0.15) is 36.0 Å². The minimum atomic E-state index is -0.570. The molecular weight excluding hydrogens is 399 g/mol. The molecule has 1 aromatic carbocycles. The number of hydroxylamine groups is 1. The van der Waals surface area contributed by atoms with E-state index in [4.69, 9.17) is 4.84 Å². The van der Waals surface area contributed by atoms with Crippen molar-refractivity contribution in [1.29, 1.82) is 0 Å². The molecule has 31 heavy (non-hydrogen) atoms. The molecule has 2 atom stereocenters. The molecule has 1 aliphatic heterocycles. The summed E-state index contributed by atoms with van der Waals surface area (Å²) in [4.78, 5) is 37.1. The first kappa shape index (κ1) is 21.4. The van der Waals surface area contributed by atoms with Crippen molar-refractivity contribution in [2.45, 2.75) is 56.8 Å². The van der Waals surface area contributed by atoms with Crippen molar-refractivity contribution in [3.63, 3.8) is 0 Å². The molecule has 1 saturated carbocycles. The molecule has 2 aliphatic rings. The van der Waals surface area contributed by atoms with Crippen LogP contribution in [0.3, 0.4) is 0 Å². The monoisotopic (exact) mass is 426 g/mol. The van der Waals surface area contributed by atoms with E-state index >= 15 is 0 Å². The van der Waals surface area contributed by atoms with Gasteiger partial charge in [-0.25, -0.2) is 4.39 Å². The Morgan fingerprint density at radius 1 is 1.26 bits per heavy atom. The van der Waals surface area contributed by atoms with E-state index in [2.05, 4.69) is 15.8 Å². The molecule has 2 unspecified atom stereocenters. The molecular formula is C23H27FN4O3. The van der Waals surface area contributed by atoms with Gasteiger partial charge in [0.2, 0.25) is 11.8 Å². The fourth-order valence-corrected chi connectivity index (χ4v) is 4.01. The highest BCUT2D eigenvalue weighted by molar-refractivity contribution is 5.89. The maximum absolute atomic E-state index is 14.1. The Labute approximate surface area is 180 Å². The van der Waals surface area contributed by atoms with Gasteiger partial charge in [-0.1, -0.05) is 18.2 Å². The highest BCUT2D eigenvalue weighted by atomic mass is 19.1. The number of hydrogen-bond donors (Lipinski definition) is 2. The lowest BCUT2D eigenvalue weighted by Gasteiger charge is -2.36. The summed E-state index contributed by atoms with van der Waals surface area (Å²) in [5.74, 6) is -0.627. The number of carbonyl (C=O) groups is 2. The summed E-state index contributed by atoms with van der Waals surface area (Å²) in [6.45, 7) is 0.324. The molecule has 8 heteroatoms. The van der Waals surface area contributed by atoms with Crippen LogP contribution >= 0.6 is 0 Å². The van der Waals surface area contributed by atoms with Gasteiger partial charge in [0.25, 0.3) is 0 Å². The number of aromatic nitrogens is 1. The Morgan fingerprint density at radius 2 is 2.06 bits per heavy atom. The molecule has 4 rings (SSSR count). The maximum Gasteiger partial charge on any atom is 0.243 e. The topological polar surface area (TPSA) is 83.6 Å². The van der Waals surface area contributed by atoms with Crippen LogP contribution in [0.15, 0.2) is 42.7 Å². The summed E-state index contributed by atoms with van der Waals surface area (Å²) in [5, 5.41) is 3.03. The average molecular weight is 426 g/mol. The summed E-state index contributed by atoms with van der Waals surface area (Å²) in [6, 6.07) is 7.60. The Balaban J connectivity index is 1.51. The van der Waals surface area contributed by atoms with Crippen LogP contribution in [0.2, 0.25) is 0 Å². The number of benzene rings is 1. The lowest BCUT2D eigenvalue weighted by atomic mass is 9.93. The largest absolute Gasteiger partial charge is 0.352 e. The van der Waals surface area contributed by atoms with E-state index in [1.54, 1.807) is 35.5 Å². The van der Waals surface area contributed by atoms with Gasteiger partial charge in [-0.05, 0) is 48.1 Å². The first-order chi connectivity index (χ1) is 15.0. The highest BCUT2D eigenvalue weighted by Crippen LogP contribution is 2.26. The Morgan fingerprint density at radius 3 is 2.81 bits per heavy atom. The average Bonchev–Trinajstić information content (AvgIpc) is 3.58. The molecule has 2 amide bonds. The van der Waals surface area contributed by atoms with Crippen LogP contribution in [0.5, 0.6) is 0 Å². The van der Waals surface area contributed by atoms with Crippen molar-refractivity contribution < 1.29 is 18.8 Å². The maximum atomic E-state index is 14.1. The van der Waals surface area contributed by atoms with Gasteiger partial charge in [-0.15, -0.1) is 0 Å². The molecule has 7 nitrogen and oxygen atoms in total. The molecule has 1 aromatic heterocycles. The van der Waals surface area contributed by atoms with Gasteiger partial charge in [0.15, 0.2) is 0 Å². The van der Waals surface area contributed by atoms with E-state index in [9.17, 15) is 14.0 Å². The Kier molecular flexibility index (Phi) is 6.58. The third-order valence-corrected chi connectivity index (χ3v) is 5.81. The van der Waals surface area contributed by atoms with Crippen LogP contribution < -0.4 is 10.8 Å². The number of fused-ring (bicyclic) bond motifs is 1. The van der Waals surface area contributed by atoms with Gasteiger partial charge in [0.05, 0.1) is 7.11 Å². The molecule has 2 aromatic rings. The second-order valence-corrected chi connectivity index (χ2v) is 8.19. The molecule has 1 fully saturated rings. The zero-order valence-electron chi connectivity index (χ0n) is 17.5. The van der Waals surface area contributed by atoms with Crippen LogP contribution in [0.4, 0.5) is 4.39 Å². The van der Waals surface area contributed by atoms with Crippen molar-refractivity contribution in [3.8, 4) is 0 Å². The number of rotatable bonds is 8. The second kappa shape index (κ2) is 9.53. The molecule has 164 valence electrons. The van der Waals surface area contributed by atoms with Gasteiger partial charge >= 0.3 is 0 Å². The van der Waals surface area contributed by atoms with E-state index in [1.807, 2.05) is 6.07 Å². The van der Waals surface area contributed by atoms with E-state index in [0.717, 1.165) is 24.0 Å². The van der Waals surface area contributed by atoms with Gasteiger partial charge in [0, 0.05) is 43.9 Å². The van der Waals surface area contributed by atoms with Crippen LogP contribution in [0, 0.1) is 5.82 Å². The molecule has 2 N–H and O–H groups in total. The molecule has 0 radical (unpaired) electrons. The van der Waals surface area contributed by atoms with E-state index in [1.165, 1.54) is 13.2 Å². The van der Waals surface area contributed by atoms with Crippen molar-refractivity contribution in [2.75, 3.05) is 7.11 Å². The summed E-state index contributed by atoms with van der Waals surface area (Å²) >= 11 is 0. The van der Waals surface area contributed by atoms with Crippen molar-refractivity contribution in [2.24, 2.45) is 0 Å². The van der Waals surface area contributed by atoms with E-state index in [0.29, 0.717) is 18.5 Å². The predicted molar refractivity (Wildman–Crippen MR) is 112 cm³/mol. The summed E-state index contributed by atoms with van der Waals surface area (Å²) in [7, 11) is 1.47. The first-order valence-corrected chi connectivity index (χ1v) is 10.6. The predicted octanol–water partition coefficient (Wildman–Crippen LogP) is 1.90. The van der Waals surface area contributed by atoms with Crippen molar-refractivity contribution in [1.82, 2.24) is 20.7 Å². The normalized spacial score (nSPS) is 18.9. The standard InChI is InChI=1S/C23H27FN4O3/c1-31-27-19(10-16-4-2-3-5-20(16)24)12-22(29)28-14-17-13-25-9-8-15(17)11-21(28)23(30)26-18-6-7-18/h2-5,8-9,13,18-19,21,27H,6-7,10-12,14H2,1H3,(H,26,30). The Hall–Kier alpha value is -2.84. The fourth-order valence-electron chi connectivity index (χ4n) is 4.01. The minimum absolute atomic E-state index is 0.0744. The van der Waals surface area contributed by atoms with Crippen LogP contribution in [-0.2, 0) is 33.8 Å². The van der Waals surface area contributed by atoms with E-state index in [-0.39, 0.29) is 36.5 Å². The number of hydrogen-bond acceptors (Lipinski definition) is 5. The van der Waals surface area contributed by atoms with Crippen molar-refractivity contribution in [3.05, 3.63) is 65.2 Å². The van der Waals surface area contributed by atoms with Crippen LogP contribution in [-0.4, -0.2) is 46.9 Å². The zero-order chi connectivity index (χ0) is 21.8. The quantitative estimate of drug-likeness (QED) is 0.630. The zero-order valence-corrected chi connectivity index (χ0v) is 17.5. The third-order valence-electron chi connectivity index (χ3n) is 5.81. The molecule has 1 aliphatic carbocycles. The summed E-state index contributed by atoms with van der Waals surface area (Å²) in [5.41, 5.74) is 5.28. The number of amides is 2. The van der Waals surface area contributed by atoms with Gasteiger partial charge in [-0.2, -0.15) is 5.48 Å². The first-order valence-electron chi connectivity index (χ1n) is 10.6. The third kappa shape index (κ3) is 5.26. The number of halogens is 1. The van der Waals surface area contributed by atoms with Crippen LogP contribution in [0.25, 0.3) is 0 Å². The van der Waals surface area contributed by atoms with Gasteiger partial charge in [-0.3, -0.25) is 14.6 Å². The molecule has 0 bridgehead atoms. The second-order valence-electron chi connectivity index (χ2n) is 8.19. The SMILES string of the molecule is CONC(CC(=O)N1Cc2cnccc2CC1C(=O)NC1CC1)Cc1ccccc1F. The highest BCUT2D eigenvalue weighted by Gasteiger charge is 2.37. The fraction of sp³-hybridized carbons (Fsp3) is 0.435. The lowest BCUT2D eigenvalue weighted by molar-refractivity contribution is -0.142. The summed E-state index contributed by atoms with van der Waals surface area (Å²) < 4.78 is 14.1. The number of nitrogens with one attached hydrogen (secondary N) is 2. The number of nitrogens with zero attached hydrogens (tertiary/aromatic N) is 2. The molecule has 2 heterocycles. The minimum Gasteiger partial charge on any atom is -0.352 e. The number of pyridine rings is 1. The van der Waals surface area contributed by atoms with Gasteiger partial charge < -0.3 is 15.1 Å². The number of carbonyl (C=O) groups excluding carboxylic acids is 2.